The van der Waals surface area contributed by atoms with Crippen LogP contribution in [0.1, 0.15) is 32.1 Å². The Hall–Kier alpha value is -3.27. The molecule has 9 nitrogen and oxygen atoms in total. The second-order valence-corrected chi connectivity index (χ2v) is 12.7. The Bertz CT molecular complexity index is 1540. The molecule has 4 aliphatic rings. The van der Waals surface area contributed by atoms with E-state index in [-0.39, 0.29) is 23.5 Å². The molecule has 2 atom stereocenters. The fraction of sp³-hybridized carbons (Fsp3) is 0.462. The number of carbonyl (C=O) groups is 1. The maximum Gasteiger partial charge on any atom is 0.309 e. The largest absolute Gasteiger partial charge is 0.489 e. The lowest BCUT2D eigenvalue weighted by Gasteiger charge is -2.57. The van der Waals surface area contributed by atoms with Crippen LogP contribution in [-0.4, -0.2) is 41.4 Å². The molecule has 0 aliphatic heterocycles. The van der Waals surface area contributed by atoms with Gasteiger partial charge in [-0.15, -0.1) is 0 Å². The van der Waals surface area contributed by atoms with E-state index in [0.29, 0.717) is 41.3 Å². The lowest BCUT2D eigenvalue weighted by molar-refractivity contribution is -0.175. The number of ether oxygens (including phenoxy) is 1. The predicted molar refractivity (Wildman–Crippen MR) is 135 cm³/mol. The number of pyridine rings is 1. The van der Waals surface area contributed by atoms with Crippen molar-refractivity contribution in [3.63, 3.8) is 0 Å². The molecule has 1 aromatic carbocycles. The molecule has 3 N–H and O–H groups in total. The number of carboxylic acids is 1. The number of carboxylic acid groups (broad SMARTS) is 1. The van der Waals surface area contributed by atoms with Crippen molar-refractivity contribution >= 4 is 32.6 Å². The zero-order valence-electron chi connectivity index (χ0n) is 20.2. The number of aromatic nitrogens is 2. The number of nitrogens with one attached hydrogen (secondary N) is 2. The van der Waals surface area contributed by atoms with Crippen molar-refractivity contribution in [3.8, 4) is 16.9 Å². The van der Waals surface area contributed by atoms with Crippen molar-refractivity contribution in [2.24, 2.45) is 30.2 Å². The van der Waals surface area contributed by atoms with Gasteiger partial charge in [0.1, 0.15) is 17.4 Å². The smallest absolute Gasteiger partial charge is 0.309 e. The summed E-state index contributed by atoms with van der Waals surface area (Å²) in [6.45, 7) is 0. The number of anilines is 1. The zero-order valence-corrected chi connectivity index (χ0v) is 21.0. The first kappa shape index (κ1) is 23.1. The van der Waals surface area contributed by atoms with Crippen LogP contribution in [0.25, 0.3) is 22.0 Å². The van der Waals surface area contributed by atoms with Gasteiger partial charge in [0, 0.05) is 41.6 Å². The number of benzene rings is 1. The molecule has 10 heteroatoms. The molecule has 3 aromatic rings. The van der Waals surface area contributed by atoms with Gasteiger partial charge in [-0.25, -0.2) is 8.42 Å². The molecule has 0 spiro atoms. The average molecular weight is 512 g/mol. The Morgan fingerprint density at radius 3 is 2.56 bits per heavy atom. The number of hydrogen-bond acceptors (Lipinski definition) is 5. The first-order chi connectivity index (χ1) is 17.0. The summed E-state index contributed by atoms with van der Waals surface area (Å²) in [6.07, 6.45) is 8.41. The minimum Gasteiger partial charge on any atom is -0.489 e. The van der Waals surface area contributed by atoms with Crippen LogP contribution in [0.5, 0.6) is 5.75 Å². The summed E-state index contributed by atoms with van der Waals surface area (Å²) in [5.74, 6) is 0.680. The molecule has 0 saturated heterocycles. The molecular weight excluding hydrogens is 482 g/mol. The highest BCUT2D eigenvalue weighted by Gasteiger charge is 2.59. The molecule has 4 aliphatic carbocycles. The van der Waals surface area contributed by atoms with E-state index in [1.807, 2.05) is 6.07 Å². The standard InChI is InChI=1S/C26H29N3O6S/c1-29-13-20(18-5-6-27-22(18)24(29)30)19-9-17(28-36(2,33)34)3-4-21(19)35-23-15-7-14-8-16(23)12-26(10-14,11-15)25(31)32/h3-6,9,13-16,23,27-28H,7-8,10-12H2,1-2H3,(H,31,32). The molecule has 0 radical (unpaired) electrons. The number of H-pyrrole nitrogens is 1. The highest BCUT2D eigenvalue weighted by Crippen LogP contribution is 2.61. The van der Waals surface area contributed by atoms with Gasteiger partial charge in [-0.2, -0.15) is 0 Å². The molecular formula is C26H29N3O6S. The Kier molecular flexibility index (Phi) is 5.06. The van der Waals surface area contributed by atoms with Gasteiger partial charge in [0.15, 0.2) is 0 Å². The van der Waals surface area contributed by atoms with E-state index in [2.05, 4.69) is 9.71 Å². The van der Waals surface area contributed by atoms with E-state index < -0.39 is 21.4 Å². The Morgan fingerprint density at radius 1 is 1.17 bits per heavy atom. The molecule has 4 bridgehead atoms. The van der Waals surface area contributed by atoms with Gasteiger partial charge < -0.3 is 19.4 Å². The van der Waals surface area contributed by atoms with Crippen molar-refractivity contribution in [2.75, 3.05) is 11.0 Å². The molecule has 2 aromatic heterocycles. The summed E-state index contributed by atoms with van der Waals surface area (Å²) < 4.78 is 34.6. The van der Waals surface area contributed by atoms with Crippen LogP contribution in [0, 0.1) is 23.2 Å². The minimum atomic E-state index is -3.50. The lowest BCUT2D eigenvalue weighted by atomic mass is 9.48. The highest BCUT2D eigenvalue weighted by atomic mass is 32.2. The van der Waals surface area contributed by atoms with E-state index in [0.717, 1.165) is 36.5 Å². The summed E-state index contributed by atoms with van der Waals surface area (Å²) >= 11 is 0. The SMILES string of the molecule is Cn1cc(-c2cc(NS(C)(=O)=O)ccc2OC2C3CC4CC2CC(C(=O)O)(C4)C3)c2cc[nH]c2c1=O. The van der Waals surface area contributed by atoms with Crippen LogP contribution in [0.3, 0.4) is 0 Å². The maximum atomic E-state index is 12.6. The number of aryl methyl sites for hydroxylation is 1. The van der Waals surface area contributed by atoms with Gasteiger partial charge in [-0.05, 0) is 74.1 Å². The molecule has 4 saturated carbocycles. The second kappa shape index (κ2) is 7.86. The number of aromatic amines is 1. The van der Waals surface area contributed by atoms with Crippen LogP contribution in [0.4, 0.5) is 5.69 Å². The van der Waals surface area contributed by atoms with Gasteiger partial charge in [0.25, 0.3) is 5.56 Å². The quantitative estimate of drug-likeness (QED) is 0.464. The van der Waals surface area contributed by atoms with E-state index >= 15 is 0 Å². The van der Waals surface area contributed by atoms with Gasteiger partial charge in [-0.1, -0.05) is 0 Å². The molecule has 190 valence electrons. The third-order valence-electron chi connectivity index (χ3n) is 8.37. The van der Waals surface area contributed by atoms with Crippen LogP contribution >= 0.6 is 0 Å². The molecule has 2 unspecified atom stereocenters. The maximum absolute atomic E-state index is 12.6. The van der Waals surface area contributed by atoms with Gasteiger partial charge >= 0.3 is 5.97 Å². The molecule has 7 rings (SSSR count). The first-order valence-corrected chi connectivity index (χ1v) is 14.1. The molecule has 0 amide bonds. The van der Waals surface area contributed by atoms with E-state index in [4.69, 9.17) is 4.74 Å². The molecule has 2 heterocycles. The average Bonchev–Trinajstić information content (AvgIpc) is 3.28. The Balaban J connectivity index is 1.44. The van der Waals surface area contributed by atoms with Gasteiger partial charge in [0.2, 0.25) is 10.0 Å². The Labute approximate surface area is 208 Å². The van der Waals surface area contributed by atoms with Crippen molar-refractivity contribution in [3.05, 3.63) is 47.0 Å². The van der Waals surface area contributed by atoms with Crippen molar-refractivity contribution < 1.29 is 23.1 Å². The lowest BCUT2D eigenvalue weighted by Crippen LogP contribution is -2.57. The Morgan fingerprint density at radius 2 is 1.89 bits per heavy atom. The number of sulfonamides is 1. The van der Waals surface area contributed by atoms with Crippen molar-refractivity contribution in [1.82, 2.24) is 9.55 Å². The first-order valence-electron chi connectivity index (χ1n) is 12.2. The molecule has 36 heavy (non-hydrogen) atoms. The topological polar surface area (TPSA) is 130 Å². The summed E-state index contributed by atoms with van der Waals surface area (Å²) in [5.41, 5.74) is 1.48. The predicted octanol–water partition coefficient (Wildman–Crippen LogP) is 3.56. The number of nitrogens with zero attached hydrogens (tertiary/aromatic N) is 1. The third-order valence-corrected chi connectivity index (χ3v) is 8.98. The van der Waals surface area contributed by atoms with Crippen molar-refractivity contribution in [2.45, 2.75) is 38.2 Å². The summed E-state index contributed by atoms with van der Waals surface area (Å²) in [5, 5.41) is 10.7. The van der Waals surface area contributed by atoms with E-state index in [9.17, 15) is 23.1 Å². The second-order valence-electron chi connectivity index (χ2n) is 10.9. The summed E-state index contributed by atoms with van der Waals surface area (Å²) in [4.78, 5) is 27.8. The fourth-order valence-electron chi connectivity index (χ4n) is 7.18. The van der Waals surface area contributed by atoms with Crippen LogP contribution in [-0.2, 0) is 21.9 Å². The van der Waals surface area contributed by atoms with E-state index in [1.54, 1.807) is 37.6 Å². The van der Waals surface area contributed by atoms with Crippen LogP contribution in [0.15, 0.2) is 41.5 Å². The zero-order chi connectivity index (χ0) is 25.4. The summed E-state index contributed by atoms with van der Waals surface area (Å²) in [7, 11) is -1.82. The number of hydrogen-bond donors (Lipinski definition) is 3. The van der Waals surface area contributed by atoms with Gasteiger partial charge in [-0.3, -0.25) is 14.3 Å². The van der Waals surface area contributed by atoms with Crippen LogP contribution < -0.4 is 15.0 Å². The summed E-state index contributed by atoms with van der Waals surface area (Å²) in [6, 6.07) is 7.00. The number of aliphatic carboxylic acids is 1. The highest BCUT2D eigenvalue weighted by molar-refractivity contribution is 7.92. The number of fused-ring (bicyclic) bond motifs is 1. The number of rotatable bonds is 6. The van der Waals surface area contributed by atoms with E-state index in [1.165, 1.54) is 4.57 Å². The van der Waals surface area contributed by atoms with Crippen LogP contribution in [0.2, 0.25) is 0 Å². The fourth-order valence-corrected chi connectivity index (χ4v) is 7.74. The normalized spacial score (nSPS) is 28.9. The molecule has 4 fully saturated rings. The third kappa shape index (κ3) is 3.70. The van der Waals surface area contributed by atoms with Crippen molar-refractivity contribution in [1.29, 1.82) is 0 Å². The monoisotopic (exact) mass is 511 g/mol. The minimum absolute atomic E-state index is 0.101. The van der Waals surface area contributed by atoms with Gasteiger partial charge in [0.05, 0.1) is 11.7 Å².